The number of esters is 1. The van der Waals surface area contributed by atoms with E-state index in [1.165, 1.54) is 13.3 Å². The smallest absolute Gasteiger partial charge is 0.339 e. The van der Waals surface area contributed by atoms with E-state index in [0.29, 0.717) is 31.0 Å². The summed E-state index contributed by atoms with van der Waals surface area (Å²) in [6, 6.07) is 9.44. The van der Waals surface area contributed by atoms with E-state index < -0.39 is 11.5 Å². The summed E-state index contributed by atoms with van der Waals surface area (Å²) < 4.78 is 5.00. The molecule has 1 aliphatic rings. The third-order valence-electron chi connectivity index (χ3n) is 4.39. The highest BCUT2D eigenvalue weighted by Crippen LogP contribution is 2.39. The maximum Gasteiger partial charge on any atom is 0.339 e. The number of carbonyl (C=O) groups is 2. The van der Waals surface area contributed by atoms with Gasteiger partial charge in [0, 0.05) is 6.54 Å². The molecule has 1 aromatic heterocycles. The molecule has 0 radical (unpaired) electrons. The van der Waals surface area contributed by atoms with Crippen LogP contribution in [0, 0.1) is 0 Å². The lowest BCUT2D eigenvalue weighted by atomic mass is 9.94. The number of imidazole rings is 1. The number of H-pyrrole nitrogens is 1. The number of likely N-dealkylation sites (tertiary alicyclic amines) is 1. The molecular formula is C17H20N4O3. The molecule has 0 bridgehead atoms. The van der Waals surface area contributed by atoms with Gasteiger partial charge in [-0.25, -0.2) is 9.78 Å². The zero-order valence-corrected chi connectivity index (χ0v) is 13.5. The maximum atomic E-state index is 12.9. The first-order chi connectivity index (χ1) is 11.6. The van der Waals surface area contributed by atoms with Crippen molar-refractivity contribution in [2.75, 3.05) is 19.4 Å². The Labute approximate surface area is 139 Å². The Balaban J connectivity index is 1.95. The summed E-state index contributed by atoms with van der Waals surface area (Å²) in [5, 5.41) is 0. The van der Waals surface area contributed by atoms with Gasteiger partial charge in [0.15, 0.2) is 5.54 Å². The summed E-state index contributed by atoms with van der Waals surface area (Å²) in [4.78, 5) is 34.1. The molecule has 0 aliphatic carbocycles. The Bertz CT molecular complexity index is 743. The molecule has 0 saturated carbocycles. The first-order valence-corrected chi connectivity index (χ1v) is 7.81. The third kappa shape index (κ3) is 2.62. The van der Waals surface area contributed by atoms with Crippen molar-refractivity contribution in [1.29, 1.82) is 0 Å². The minimum Gasteiger partial charge on any atom is -0.467 e. The molecule has 126 valence electrons. The van der Waals surface area contributed by atoms with E-state index in [-0.39, 0.29) is 12.3 Å². The SMILES string of the molecule is COC(=O)C1(c2ncc(N)[nH]2)CCCN1C(=O)Cc1ccccc1. The summed E-state index contributed by atoms with van der Waals surface area (Å²) in [6.07, 6.45) is 2.80. The van der Waals surface area contributed by atoms with Gasteiger partial charge in [-0.2, -0.15) is 0 Å². The van der Waals surface area contributed by atoms with Gasteiger partial charge < -0.3 is 20.4 Å². The van der Waals surface area contributed by atoms with Gasteiger partial charge in [0.05, 0.1) is 19.7 Å². The van der Waals surface area contributed by atoms with E-state index in [4.69, 9.17) is 10.5 Å². The number of ether oxygens (including phenoxy) is 1. The number of nitrogens with two attached hydrogens (primary N) is 1. The molecule has 7 nitrogen and oxygen atoms in total. The lowest BCUT2D eigenvalue weighted by Gasteiger charge is -2.34. The summed E-state index contributed by atoms with van der Waals surface area (Å²) in [5.74, 6) is 0.0521. The zero-order chi connectivity index (χ0) is 17.2. The number of carbonyl (C=O) groups excluding carboxylic acids is 2. The van der Waals surface area contributed by atoms with Crippen LogP contribution >= 0.6 is 0 Å². The van der Waals surface area contributed by atoms with E-state index in [1.807, 2.05) is 30.3 Å². The monoisotopic (exact) mass is 328 g/mol. The highest BCUT2D eigenvalue weighted by atomic mass is 16.5. The van der Waals surface area contributed by atoms with Gasteiger partial charge in [-0.05, 0) is 18.4 Å². The highest BCUT2D eigenvalue weighted by molar-refractivity contribution is 5.90. The van der Waals surface area contributed by atoms with Gasteiger partial charge in [-0.15, -0.1) is 0 Å². The van der Waals surface area contributed by atoms with Crippen LogP contribution in [0.4, 0.5) is 5.82 Å². The van der Waals surface area contributed by atoms with Gasteiger partial charge in [-0.3, -0.25) is 4.79 Å². The third-order valence-corrected chi connectivity index (χ3v) is 4.39. The van der Waals surface area contributed by atoms with Crippen LogP contribution in [0.3, 0.4) is 0 Å². The molecule has 24 heavy (non-hydrogen) atoms. The summed E-state index contributed by atoms with van der Waals surface area (Å²) in [6.45, 7) is 0.474. The van der Waals surface area contributed by atoms with Crippen molar-refractivity contribution in [3.63, 3.8) is 0 Å². The Morgan fingerprint density at radius 3 is 2.75 bits per heavy atom. The molecule has 1 unspecified atom stereocenters. The molecule has 2 aromatic rings. The van der Waals surface area contributed by atoms with Gasteiger partial charge in [0.25, 0.3) is 0 Å². The summed E-state index contributed by atoms with van der Waals surface area (Å²) in [7, 11) is 1.31. The average molecular weight is 328 g/mol. The van der Waals surface area contributed by atoms with Crippen molar-refractivity contribution in [3.8, 4) is 0 Å². The molecule has 3 rings (SSSR count). The van der Waals surface area contributed by atoms with Gasteiger partial charge in [0.1, 0.15) is 11.6 Å². The fraction of sp³-hybridized carbons (Fsp3) is 0.353. The fourth-order valence-corrected chi connectivity index (χ4v) is 3.29. The molecular weight excluding hydrogens is 308 g/mol. The van der Waals surface area contributed by atoms with Crippen LogP contribution < -0.4 is 5.73 Å². The highest BCUT2D eigenvalue weighted by Gasteiger charge is 2.54. The van der Waals surface area contributed by atoms with Crippen LogP contribution in [0.15, 0.2) is 36.5 Å². The number of hydrogen-bond acceptors (Lipinski definition) is 5. The Hall–Kier alpha value is -2.83. The largest absolute Gasteiger partial charge is 0.467 e. The molecule has 1 aliphatic heterocycles. The van der Waals surface area contributed by atoms with E-state index in [1.54, 1.807) is 4.90 Å². The second-order valence-electron chi connectivity index (χ2n) is 5.85. The van der Waals surface area contributed by atoms with E-state index in [2.05, 4.69) is 9.97 Å². The molecule has 1 amide bonds. The molecule has 1 saturated heterocycles. The zero-order valence-electron chi connectivity index (χ0n) is 13.5. The van der Waals surface area contributed by atoms with Gasteiger partial charge >= 0.3 is 5.97 Å². The molecule has 1 atom stereocenters. The van der Waals surface area contributed by atoms with E-state index in [9.17, 15) is 9.59 Å². The number of nitrogens with one attached hydrogen (secondary N) is 1. The lowest BCUT2D eigenvalue weighted by molar-refractivity contribution is -0.160. The number of rotatable bonds is 4. The standard InChI is InChI=1S/C17H20N4O3/c1-24-16(23)17(15-19-11-13(18)20-15)8-5-9-21(17)14(22)10-12-6-3-2-4-7-12/h2-4,6-7,11H,5,8-10,18H2,1H3,(H,19,20). The number of benzene rings is 1. The number of anilines is 1. The van der Waals surface area contributed by atoms with Crippen LogP contribution in [0.5, 0.6) is 0 Å². The minimum absolute atomic E-state index is 0.140. The Morgan fingerprint density at radius 1 is 1.38 bits per heavy atom. The normalized spacial score (nSPS) is 20.1. The van der Waals surface area contributed by atoms with Crippen molar-refractivity contribution in [2.24, 2.45) is 0 Å². The number of methoxy groups -OCH3 is 1. The second-order valence-corrected chi connectivity index (χ2v) is 5.85. The first-order valence-electron chi connectivity index (χ1n) is 7.81. The molecule has 0 spiro atoms. The predicted octanol–water partition coefficient (Wildman–Crippen LogP) is 1.23. The van der Waals surface area contributed by atoms with Crippen LogP contribution in [0.1, 0.15) is 24.2 Å². The molecule has 2 heterocycles. The molecule has 3 N–H and O–H groups in total. The van der Waals surface area contributed by atoms with Gasteiger partial charge in [0.2, 0.25) is 5.91 Å². The molecule has 1 fully saturated rings. The van der Waals surface area contributed by atoms with Crippen molar-refractivity contribution in [2.45, 2.75) is 24.8 Å². The van der Waals surface area contributed by atoms with Crippen molar-refractivity contribution in [3.05, 3.63) is 47.9 Å². The Morgan fingerprint density at radius 2 is 2.12 bits per heavy atom. The average Bonchev–Trinajstić information content (AvgIpc) is 3.22. The molecule has 7 heteroatoms. The van der Waals surface area contributed by atoms with Gasteiger partial charge in [-0.1, -0.05) is 30.3 Å². The van der Waals surface area contributed by atoms with Crippen molar-refractivity contribution in [1.82, 2.24) is 14.9 Å². The first kappa shape index (κ1) is 16.0. The topological polar surface area (TPSA) is 101 Å². The number of aromatic nitrogens is 2. The maximum absolute atomic E-state index is 12.9. The Kier molecular flexibility index (Phi) is 4.24. The van der Waals surface area contributed by atoms with Crippen LogP contribution in [-0.2, 0) is 26.3 Å². The predicted molar refractivity (Wildman–Crippen MR) is 87.8 cm³/mol. The number of hydrogen-bond donors (Lipinski definition) is 2. The molecule has 1 aromatic carbocycles. The van der Waals surface area contributed by atoms with Crippen molar-refractivity contribution < 1.29 is 14.3 Å². The number of amides is 1. The van der Waals surface area contributed by atoms with Crippen LogP contribution in [-0.4, -0.2) is 40.4 Å². The second kappa shape index (κ2) is 6.35. The number of aromatic amines is 1. The van der Waals surface area contributed by atoms with Crippen LogP contribution in [0.25, 0.3) is 0 Å². The lowest BCUT2D eigenvalue weighted by Crippen LogP contribution is -2.52. The fourth-order valence-electron chi connectivity index (χ4n) is 3.29. The van der Waals surface area contributed by atoms with E-state index in [0.717, 1.165) is 5.56 Å². The van der Waals surface area contributed by atoms with E-state index >= 15 is 0 Å². The number of nitrogens with zero attached hydrogens (tertiary/aromatic N) is 2. The minimum atomic E-state index is -1.24. The van der Waals surface area contributed by atoms with Crippen LogP contribution in [0.2, 0.25) is 0 Å². The van der Waals surface area contributed by atoms with Crippen molar-refractivity contribution >= 4 is 17.7 Å². The number of nitrogen functional groups attached to an aromatic ring is 1. The summed E-state index contributed by atoms with van der Waals surface area (Å²) >= 11 is 0. The summed E-state index contributed by atoms with van der Waals surface area (Å²) in [5.41, 5.74) is 5.38. The quantitative estimate of drug-likeness (QED) is 0.822.